The maximum Gasteiger partial charge on any atom is 0.410 e. The van der Waals surface area contributed by atoms with Crippen LogP contribution in [0, 0.1) is 11.3 Å². The zero-order valence-electron chi connectivity index (χ0n) is 29.3. The molecule has 14 heteroatoms. The van der Waals surface area contributed by atoms with Gasteiger partial charge in [0.15, 0.2) is 5.84 Å². The van der Waals surface area contributed by atoms with Gasteiger partial charge < -0.3 is 35.7 Å². The molecular weight excluding hydrogens is 630 g/mol. The Kier molecular flexibility index (Phi) is 9.86. The van der Waals surface area contributed by atoms with Gasteiger partial charge >= 0.3 is 12.1 Å². The standard InChI is InChI=1S/C34H49N9O4S/c1-32(2,3)43-17-15-41(16-18-43)26-20-22(40-11-13-42(14-12-40)31(45)46-33(4,5)6)19-24(38-26)28(36)39-47-30(44)34(7)10-8-9-25-27(34)23(21-35)29(37)48-25/h19-20H,8-18,37H2,1-7H3,(H2,36,39). The number of amidine groups is 1. The molecule has 3 aliphatic rings. The Labute approximate surface area is 287 Å². The number of aryl methyl sites for hydroxylation is 1. The summed E-state index contributed by atoms with van der Waals surface area (Å²) in [7, 11) is 0. The zero-order chi connectivity index (χ0) is 35.0. The van der Waals surface area contributed by atoms with Crippen molar-refractivity contribution >= 4 is 45.7 Å². The molecule has 2 saturated heterocycles. The minimum atomic E-state index is -1.07. The summed E-state index contributed by atoms with van der Waals surface area (Å²) < 4.78 is 5.58. The lowest BCUT2D eigenvalue weighted by Gasteiger charge is -2.43. The number of fused-ring (bicyclic) bond motifs is 1. The quantitative estimate of drug-likeness (QED) is 0.203. The number of nitrogens with zero attached hydrogens (tertiary/aromatic N) is 7. The van der Waals surface area contributed by atoms with Crippen LogP contribution in [0.4, 0.5) is 21.3 Å². The molecule has 2 aliphatic heterocycles. The van der Waals surface area contributed by atoms with Crippen LogP contribution in [0.3, 0.4) is 0 Å². The topological polar surface area (TPSA) is 167 Å². The number of amides is 1. The van der Waals surface area contributed by atoms with Crippen molar-refractivity contribution in [3.05, 3.63) is 33.8 Å². The van der Waals surface area contributed by atoms with E-state index in [0.29, 0.717) is 54.4 Å². The normalized spacial score (nSPS) is 21.0. The van der Waals surface area contributed by atoms with E-state index >= 15 is 0 Å². The maximum atomic E-state index is 13.6. The summed E-state index contributed by atoms with van der Waals surface area (Å²) in [5.74, 6) is 0.136. The van der Waals surface area contributed by atoms with Gasteiger partial charge in [-0.2, -0.15) is 5.26 Å². The first-order valence-electron chi connectivity index (χ1n) is 16.6. The molecule has 0 aromatic carbocycles. The molecular formula is C34H49N9O4S. The summed E-state index contributed by atoms with van der Waals surface area (Å²) in [6, 6.07) is 6.07. The third-order valence-electron chi connectivity index (χ3n) is 9.34. The van der Waals surface area contributed by atoms with Crippen molar-refractivity contribution in [2.45, 2.75) is 84.3 Å². The number of pyridine rings is 1. The molecule has 0 spiro atoms. The Morgan fingerprint density at radius 3 is 2.27 bits per heavy atom. The molecule has 260 valence electrons. The van der Waals surface area contributed by atoms with E-state index in [9.17, 15) is 14.9 Å². The fraction of sp³-hybridized carbons (Fsp3) is 0.618. The molecule has 0 bridgehead atoms. The number of hydrogen-bond donors (Lipinski definition) is 2. The number of thiophene rings is 1. The number of nitrogens with two attached hydrogens (primary N) is 2. The molecule has 1 aliphatic carbocycles. The van der Waals surface area contributed by atoms with Crippen LogP contribution in [0.1, 0.15) is 83.0 Å². The molecule has 0 radical (unpaired) electrons. The summed E-state index contributed by atoms with van der Waals surface area (Å²) in [5, 5.41) is 14.3. The number of rotatable bonds is 5. The maximum absolute atomic E-state index is 13.6. The number of nitrogen functional groups attached to an aromatic ring is 1. The van der Waals surface area contributed by atoms with E-state index in [1.807, 2.05) is 32.9 Å². The summed E-state index contributed by atoms with van der Waals surface area (Å²) in [4.78, 5) is 46.2. The van der Waals surface area contributed by atoms with Gasteiger partial charge in [0, 0.05) is 80.1 Å². The summed E-state index contributed by atoms with van der Waals surface area (Å²) in [5.41, 5.74) is 13.3. The molecule has 1 amide bonds. The van der Waals surface area contributed by atoms with Crippen molar-refractivity contribution in [1.82, 2.24) is 14.8 Å². The lowest BCUT2D eigenvalue weighted by molar-refractivity contribution is -0.150. The molecule has 1 unspecified atom stereocenters. The molecule has 2 aromatic heterocycles. The van der Waals surface area contributed by atoms with Crippen LogP contribution in [0.15, 0.2) is 17.3 Å². The fourth-order valence-corrected chi connectivity index (χ4v) is 7.79. The lowest BCUT2D eigenvalue weighted by atomic mass is 9.72. The molecule has 4 heterocycles. The molecule has 13 nitrogen and oxygen atoms in total. The predicted molar refractivity (Wildman–Crippen MR) is 188 cm³/mol. The van der Waals surface area contributed by atoms with Crippen molar-refractivity contribution in [3.63, 3.8) is 0 Å². The van der Waals surface area contributed by atoms with E-state index in [1.54, 1.807) is 11.8 Å². The van der Waals surface area contributed by atoms with Gasteiger partial charge in [-0.25, -0.2) is 14.6 Å². The van der Waals surface area contributed by atoms with Crippen LogP contribution in [0.25, 0.3) is 0 Å². The van der Waals surface area contributed by atoms with Crippen LogP contribution in [-0.4, -0.2) is 96.2 Å². The smallest absolute Gasteiger partial charge is 0.410 e. The number of ether oxygens (including phenoxy) is 1. The average molecular weight is 680 g/mol. The van der Waals surface area contributed by atoms with E-state index < -0.39 is 17.0 Å². The molecule has 0 saturated carbocycles. The summed E-state index contributed by atoms with van der Waals surface area (Å²) >= 11 is 1.35. The SMILES string of the molecule is CC(C)(C)OC(=O)N1CCN(c2cc(/C(N)=N/OC(=O)C3(C)CCCc4sc(N)c(C#N)c43)nc(N3CCN(C(C)(C)C)CC3)c2)CC1. The Morgan fingerprint density at radius 1 is 1.02 bits per heavy atom. The number of oxime groups is 1. The molecule has 4 N–H and O–H groups in total. The highest BCUT2D eigenvalue weighted by Gasteiger charge is 2.45. The van der Waals surface area contributed by atoms with Crippen molar-refractivity contribution in [2.24, 2.45) is 10.9 Å². The molecule has 5 rings (SSSR count). The zero-order valence-corrected chi connectivity index (χ0v) is 30.1. The number of anilines is 3. The van der Waals surface area contributed by atoms with Crippen molar-refractivity contribution in [2.75, 3.05) is 67.9 Å². The Hall–Kier alpha value is -4.09. The fourth-order valence-electron chi connectivity index (χ4n) is 6.60. The highest BCUT2D eigenvalue weighted by Crippen LogP contribution is 2.46. The Balaban J connectivity index is 1.39. The summed E-state index contributed by atoms with van der Waals surface area (Å²) in [6.45, 7) is 19.6. The first-order valence-corrected chi connectivity index (χ1v) is 17.4. The number of carbonyl (C=O) groups is 2. The van der Waals surface area contributed by atoms with Crippen LogP contribution in [0.5, 0.6) is 0 Å². The minimum Gasteiger partial charge on any atom is -0.444 e. The van der Waals surface area contributed by atoms with Crippen LogP contribution < -0.4 is 21.3 Å². The molecule has 2 fully saturated rings. The Morgan fingerprint density at radius 2 is 1.67 bits per heavy atom. The lowest BCUT2D eigenvalue weighted by Crippen LogP contribution is -2.53. The van der Waals surface area contributed by atoms with Crippen LogP contribution in [-0.2, 0) is 26.2 Å². The number of piperazine rings is 2. The van der Waals surface area contributed by atoms with Gasteiger partial charge in [0.2, 0.25) is 0 Å². The number of aromatic nitrogens is 1. The third-order valence-corrected chi connectivity index (χ3v) is 10.4. The minimum absolute atomic E-state index is 0.0304. The van der Waals surface area contributed by atoms with Gasteiger partial charge in [0.05, 0.1) is 11.0 Å². The van der Waals surface area contributed by atoms with Gasteiger partial charge in [-0.15, -0.1) is 11.3 Å². The van der Waals surface area contributed by atoms with E-state index in [0.717, 1.165) is 55.4 Å². The van der Waals surface area contributed by atoms with Gasteiger partial charge in [-0.05, 0) is 73.8 Å². The number of nitriles is 1. The Bertz CT molecular complexity index is 1600. The largest absolute Gasteiger partial charge is 0.444 e. The van der Waals surface area contributed by atoms with E-state index in [1.165, 1.54) is 11.3 Å². The van der Waals surface area contributed by atoms with Crippen LogP contribution >= 0.6 is 11.3 Å². The molecule has 2 aromatic rings. The van der Waals surface area contributed by atoms with Crippen LogP contribution in [0.2, 0.25) is 0 Å². The highest BCUT2D eigenvalue weighted by atomic mass is 32.1. The van der Waals surface area contributed by atoms with E-state index in [-0.39, 0.29) is 17.5 Å². The van der Waals surface area contributed by atoms with E-state index in [4.69, 9.17) is 26.0 Å². The van der Waals surface area contributed by atoms with Crippen molar-refractivity contribution < 1.29 is 19.2 Å². The second-order valence-corrected chi connectivity index (χ2v) is 16.1. The highest BCUT2D eigenvalue weighted by molar-refractivity contribution is 7.16. The summed E-state index contributed by atoms with van der Waals surface area (Å²) in [6.07, 6.45) is 1.71. The first-order chi connectivity index (χ1) is 22.5. The van der Waals surface area contributed by atoms with Gasteiger partial charge in [-0.1, -0.05) is 5.16 Å². The third kappa shape index (κ3) is 7.47. The van der Waals surface area contributed by atoms with Crippen molar-refractivity contribution in [3.8, 4) is 6.07 Å². The molecule has 1 atom stereocenters. The van der Waals surface area contributed by atoms with Crippen molar-refractivity contribution in [1.29, 1.82) is 5.26 Å². The number of hydrogen-bond acceptors (Lipinski definition) is 12. The number of carbonyl (C=O) groups excluding carboxylic acids is 2. The first kappa shape index (κ1) is 35.2. The van der Waals surface area contributed by atoms with Gasteiger partial charge in [0.1, 0.15) is 28.2 Å². The average Bonchev–Trinajstić information content (AvgIpc) is 3.38. The van der Waals surface area contributed by atoms with E-state index in [2.05, 4.69) is 46.7 Å². The monoisotopic (exact) mass is 679 g/mol. The molecule has 48 heavy (non-hydrogen) atoms. The second-order valence-electron chi connectivity index (χ2n) is 15.0. The van der Waals surface area contributed by atoms with Gasteiger partial charge in [0.25, 0.3) is 0 Å². The second kappa shape index (κ2) is 13.4. The van der Waals surface area contributed by atoms with Gasteiger partial charge in [-0.3, -0.25) is 4.90 Å². The predicted octanol–water partition coefficient (Wildman–Crippen LogP) is 4.03.